The molecule has 1 aromatic rings. The fourth-order valence-electron chi connectivity index (χ4n) is 2.43. The van der Waals surface area contributed by atoms with Crippen LogP contribution in [0.15, 0.2) is 23.1 Å². The average molecular weight is 316 g/mol. The molecule has 1 saturated carbocycles. The SMILES string of the molecule is Nc1cccc(Cl)c1SCC1(O)CCC(C(=O)O)CC1. The molecule has 0 aromatic heterocycles. The van der Waals surface area contributed by atoms with Gasteiger partial charge >= 0.3 is 5.97 Å². The Labute approximate surface area is 127 Å². The number of benzene rings is 1. The summed E-state index contributed by atoms with van der Waals surface area (Å²) in [6.07, 6.45) is 2.04. The predicted octanol–water partition coefficient (Wildman–Crippen LogP) is 3.02. The summed E-state index contributed by atoms with van der Waals surface area (Å²) in [5, 5.41) is 20.1. The molecule has 110 valence electrons. The number of anilines is 1. The van der Waals surface area contributed by atoms with Crippen LogP contribution < -0.4 is 5.73 Å². The quantitative estimate of drug-likeness (QED) is 0.587. The van der Waals surface area contributed by atoms with Crippen molar-refractivity contribution in [2.45, 2.75) is 36.2 Å². The number of hydrogen-bond acceptors (Lipinski definition) is 4. The lowest BCUT2D eigenvalue weighted by atomic mass is 9.80. The van der Waals surface area contributed by atoms with Crippen molar-refractivity contribution >= 4 is 35.0 Å². The summed E-state index contributed by atoms with van der Waals surface area (Å²) in [6.45, 7) is 0. The summed E-state index contributed by atoms with van der Waals surface area (Å²) < 4.78 is 0. The lowest BCUT2D eigenvalue weighted by Gasteiger charge is -2.34. The first-order chi connectivity index (χ1) is 9.41. The summed E-state index contributed by atoms with van der Waals surface area (Å²) in [4.78, 5) is 11.7. The fraction of sp³-hybridized carbons (Fsp3) is 0.500. The van der Waals surface area contributed by atoms with Crippen LogP contribution in [0.5, 0.6) is 0 Å². The van der Waals surface area contributed by atoms with E-state index in [0.717, 1.165) is 4.90 Å². The van der Waals surface area contributed by atoms with Crippen molar-refractivity contribution in [2.24, 2.45) is 5.92 Å². The average Bonchev–Trinajstić information content (AvgIpc) is 2.38. The highest BCUT2D eigenvalue weighted by atomic mass is 35.5. The van der Waals surface area contributed by atoms with Crippen molar-refractivity contribution in [1.82, 2.24) is 0 Å². The van der Waals surface area contributed by atoms with Crippen molar-refractivity contribution in [1.29, 1.82) is 0 Å². The summed E-state index contributed by atoms with van der Waals surface area (Å²) in [7, 11) is 0. The van der Waals surface area contributed by atoms with Crippen LogP contribution in [0.4, 0.5) is 5.69 Å². The lowest BCUT2D eigenvalue weighted by molar-refractivity contribution is -0.144. The van der Waals surface area contributed by atoms with Gasteiger partial charge in [-0.2, -0.15) is 0 Å². The number of aliphatic carboxylic acids is 1. The molecule has 1 aromatic carbocycles. The van der Waals surface area contributed by atoms with Crippen molar-refractivity contribution < 1.29 is 15.0 Å². The van der Waals surface area contributed by atoms with Crippen LogP contribution in [0.25, 0.3) is 0 Å². The molecule has 0 spiro atoms. The molecular formula is C14H18ClNO3S. The third kappa shape index (κ3) is 3.59. The molecule has 6 heteroatoms. The number of nitrogens with two attached hydrogens (primary N) is 1. The van der Waals surface area contributed by atoms with E-state index in [1.165, 1.54) is 11.8 Å². The van der Waals surface area contributed by atoms with Crippen LogP contribution in [-0.4, -0.2) is 27.5 Å². The third-order valence-electron chi connectivity index (χ3n) is 3.75. The molecule has 4 nitrogen and oxygen atoms in total. The van der Waals surface area contributed by atoms with Gasteiger partial charge in [0.25, 0.3) is 0 Å². The fourth-order valence-corrected chi connectivity index (χ4v) is 3.92. The molecule has 0 unspecified atom stereocenters. The topological polar surface area (TPSA) is 83.5 Å². The maximum Gasteiger partial charge on any atom is 0.306 e. The van der Waals surface area contributed by atoms with Crippen molar-refractivity contribution in [2.75, 3.05) is 11.5 Å². The number of nitrogen functional groups attached to an aromatic ring is 1. The Hall–Kier alpha value is -0.910. The number of aliphatic hydroxyl groups is 1. The number of rotatable bonds is 4. The molecule has 2 rings (SSSR count). The summed E-state index contributed by atoms with van der Waals surface area (Å²) in [5.41, 5.74) is 5.65. The molecule has 1 aliphatic carbocycles. The number of carboxylic acids is 1. The molecule has 0 amide bonds. The van der Waals surface area contributed by atoms with Gasteiger partial charge in [-0.25, -0.2) is 0 Å². The van der Waals surface area contributed by atoms with E-state index in [1.807, 2.05) is 0 Å². The van der Waals surface area contributed by atoms with Crippen LogP contribution in [0.1, 0.15) is 25.7 Å². The highest BCUT2D eigenvalue weighted by Crippen LogP contribution is 2.39. The first-order valence-corrected chi connectivity index (χ1v) is 7.90. The molecule has 20 heavy (non-hydrogen) atoms. The Morgan fingerprint density at radius 1 is 1.45 bits per heavy atom. The molecule has 0 heterocycles. The smallest absolute Gasteiger partial charge is 0.306 e. The van der Waals surface area contributed by atoms with Gasteiger partial charge in [-0.3, -0.25) is 4.79 Å². The van der Waals surface area contributed by atoms with Gasteiger partial charge in [-0.15, -0.1) is 11.8 Å². The first-order valence-electron chi connectivity index (χ1n) is 6.53. The Morgan fingerprint density at radius 3 is 2.65 bits per heavy atom. The van der Waals surface area contributed by atoms with Crippen molar-refractivity contribution in [3.8, 4) is 0 Å². The number of thioether (sulfide) groups is 1. The van der Waals surface area contributed by atoms with E-state index in [1.54, 1.807) is 18.2 Å². The second kappa shape index (κ2) is 6.24. The summed E-state index contributed by atoms with van der Waals surface area (Å²) >= 11 is 7.53. The molecular weight excluding hydrogens is 298 g/mol. The maximum absolute atomic E-state index is 10.9. The van der Waals surface area contributed by atoms with Gasteiger partial charge in [0.15, 0.2) is 0 Å². The summed E-state index contributed by atoms with van der Waals surface area (Å²) in [6, 6.07) is 5.33. The molecule has 1 aliphatic rings. The molecule has 4 N–H and O–H groups in total. The van der Waals surface area contributed by atoms with E-state index < -0.39 is 11.6 Å². The zero-order valence-electron chi connectivity index (χ0n) is 11.0. The van der Waals surface area contributed by atoms with E-state index in [0.29, 0.717) is 42.1 Å². The Bertz CT molecular complexity index is 481. The largest absolute Gasteiger partial charge is 0.481 e. The van der Waals surface area contributed by atoms with Crippen LogP contribution in [-0.2, 0) is 4.79 Å². The minimum Gasteiger partial charge on any atom is -0.481 e. The standard InChI is InChI=1S/C14H18ClNO3S/c15-10-2-1-3-11(16)12(10)20-8-14(19)6-4-9(5-7-14)13(17)18/h1-3,9,19H,4-8,16H2,(H,17,18). The third-order valence-corrected chi connectivity index (χ3v) is 5.60. The zero-order chi connectivity index (χ0) is 14.8. The molecule has 0 radical (unpaired) electrons. The van der Waals surface area contributed by atoms with Gasteiger partial charge in [0, 0.05) is 16.3 Å². The molecule has 1 fully saturated rings. The minimum atomic E-state index is -0.831. The van der Waals surface area contributed by atoms with E-state index >= 15 is 0 Å². The first kappa shape index (κ1) is 15.5. The van der Waals surface area contributed by atoms with Crippen LogP contribution in [0.2, 0.25) is 5.02 Å². The number of carbonyl (C=O) groups is 1. The Balaban J connectivity index is 1.96. The van der Waals surface area contributed by atoms with Gasteiger partial charge < -0.3 is 15.9 Å². The van der Waals surface area contributed by atoms with Gasteiger partial charge in [0.1, 0.15) is 0 Å². The highest BCUT2D eigenvalue weighted by molar-refractivity contribution is 7.99. The molecule has 0 bridgehead atoms. The number of halogens is 1. The summed E-state index contributed by atoms with van der Waals surface area (Å²) in [5.74, 6) is -0.617. The highest BCUT2D eigenvalue weighted by Gasteiger charge is 2.35. The molecule has 0 saturated heterocycles. The maximum atomic E-state index is 10.9. The normalized spacial score (nSPS) is 26.4. The Kier molecular flexibility index (Phi) is 4.83. The van der Waals surface area contributed by atoms with Gasteiger partial charge in [-0.1, -0.05) is 17.7 Å². The van der Waals surface area contributed by atoms with Gasteiger partial charge in [-0.05, 0) is 37.8 Å². The number of carboxylic acid groups (broad SMARTS) is 1. The van der Waals surface area contributed by atoms with Gasteiger partial charge in [0.05, 0.1) is 16.5 Å². The molecule has 0 aliphatic heterocycles. The lowest BCUT2D eigenvalue weighted by Crippen LogP contribution is -2.38. The number of hydrogen-bond donors (Lipinski definition) is 3. The Morgan fingerprint density at radius 2 is 2.10 bits per heavy atom. The zero-order valence-corrected chi connectivity index (χ0v) is 12.6. The predicted molar refractivity (Wildman–Crippen MR) is 81.1 cm³/mol. The van der Waals surface area contributed by atoms with Crippen LogP contribution in [0, 0.1) is 5.92 Å². The van der Waals surface area contributed by atoms with Crippen LogP contribution in [0.3, 0.4) is 0 Å². The monoisotopic (exact) mass is 315 g/mol. The van der Waals surface area contributed by atoms with E-state index in [2.05, 4.69) is 0 Å². The second-order valence-corrected chi connectivity index (χ2v) is 6.68. The van der Waals surface area contributed by atoms with E-state index in [9.17, 15) is 9.90 Å². The minimum absolute atomic E-state index is 0.328. The van der Waals surface area contributed by atoms with Gasteiger partial charge in [0.2, 0.25) is 0 Å². The van der Waals surface area contributed by atoms with Crippen molar-refractivity contribution in [3.05, 3.63) is 23.2 Å². The van der Waals surface area contributed by atoms with E-state index in [-0.39, 0.29) is 5.92 Å². The molecule has 0 atom stereocenters. The second-order valence-electron chi connectivity index (χ2n) is 5.28. The van der Waals surface area contributed by atoms with Crippen LogP contribution >= 0.6 is 23.4 Å². The van der Waals surface area contributed by atoms with Crippen molar-refractivity contribution in [3.63, 3.8) is 0 Å². The van der Waals surface area contributed by atoms with E-state index in [4.69, 9.17) is 22.4 Å².